The van der Waals surface area contributed by atoms with Gasteiger partial charge in [0.25, 0.3) is 10.0 Å². The SMILES string of the molecule is COc1ccccc1NS(=O)(=O)c1cc(NC(=O)C(C)(C)c2ccccc2F)ccc1C. The van der Waals surface area contributed by atoms with Gasteiger partial charge in [0.1, 0.15) is 11.6 Å². The van der Waals surface area contributed by atoms with Gasteiger partial charge in [-0.25, -0.2) is 12.8 Å². The van der Waals surface area contributed by atoms with Crippen molar-refractivity contribution in [3.8, 4) is 5.75 Å². The van der Waals surface area contributed by atoms with E-state index in [4.69, 9.17) is 4.74 Å². The van der Waals surface area contributed by atoms with Gasteiger partial charge < -0.3 is 10.1 Å². The van der Waals surface area contributed by atoms with E-state index < -0.39 is 27.2 Å². The van der Waals surface area contributed by atoms with Crippen LogP contribution < -0.4 is 14.8 Å². The van der Waals surface area contributed by atoms with E-state index in [1.165, 1.54) is 19.2 Å². The molecule has 0 unspecified atom stereocenters. The summed E-state index contributed by atoms with van der Waals surface area (Å²) >= 11 is 0. The van der Waals surface area contributed by atoms with Crippen molar-refractivity contribution in [1.82, 2.24) is 0 Å². The molecule has 168 valence electrons. The van der Waals surface area contributed by atoms with Crippen LogP contribution >= 0.6 is 0 Å². The highest BCUT2D eigenvalue weighted by molar-refractivity contribution is 7.92. The molecule has 0 saturated carbocycles. The van der Waals surface area contributed by atoms with Crippen LogP contribution in [0.4, 0.5) is 15.8 Å². The summed E-state index contributed by atoms with van der Waals surface area (Å²) in [6, 6.07) is 17.3. The van der Waals surface area contributed by atoms with Gasteiger partial charge in [-0.2, -0.15) is 0 Å². The van der Waals surface area contributed by atoms with Crippen LogP contribution in [0.2, 0.25) is 0 Å². The third-order valence-electron chi connectivity index (χ3n) is 5.20. The van der Waals surface area contributed by atoms with Crippen molar-refractivity contribution in [3.63, 3.8) is 0 Å². The predicted octanol–water partition coefficient (Wildman–Crippen LogP) is 4.86. The predicted molar refractivity (Wildman–Crippen MR) is 123 cm³/mol. The highest BCUT2D eigenvalue weighted by Gasteiger charge is 2.32. The smallest absolute Gasteiger partial charge is 0.262 e. The average Bonchev–Trinajstić information content (AvgIpc) is 2.75. The van der Waals surface area contributed by atoms with Crippen molar-refractivity contribution in [1.29, 1.82) is 0 Å². The first-order valence-corrected chi connectivity index (χ1v) is 11.4. The van der Waals surface area contributed by atoms with Gasteiger partial charge in [0.15, 0.2) is 0 Å². The highest BCUT2D eigenvalue weighted by atomic mass is 32.2. The number of para-hydroxylation sites is 2. The lowest BCUT2D eigenvalue weighted by molar-refractivity contribution is -0.120. The summed E-state index contributed by atoms with van der Waals surface area (Å²) in [7, 11) is -2.52. The summed E-state index contributed by atoms with van der Waals surface area (Å²) in [4.78, 5) is 13.0. The van der Waals surface area contributed by atoms with Gasteiger partial charge in [0, 0.05) is 11.3 Å². The van der Waals surface area contributed by atoms with Gasteiger partial charge >= 0.3 is 0 Å². The number of methoxy groups -OCH3 is 1. The Hall–Kier alpha value is -3.39. The maximum atomic E-state index is 14.2. The first-order valence-electron chi connectivity index (χ1n) is 9.89. The zero-order chi connectivity index (χ0) is 23.5. The fourth-order valence-corrected chi connectivity index (χ4v) is 4.62. The van der Waals surface area contributed by atoms with Crippen LogP contribution in [0.5, 0.6) is 5.75 Å². The van der Waals surface area contributed by atoms with Gasteiger partial charge in [-0.1, -0.05) is 36.4 Å². The minimum Gasteiger partial charge on any atom is -0.495 e. The molecule has 0 aliphatic carbocycles. The van der Waals surface area contributed by atoms with E-state index in [1.54, 1.807) is 75.4 Å². The number of carbonyl (C=O) groups excluding carboxylic acids is 1. The van der Waals surface area contributed by atoms with Crippen LogP contribution in [-0.2, 0) is 20.2 Å². The van der Waals surface area contributed by atoms with Gasteiger partial charge in [-0.05, 0) is 56.7 Å². The van der Waals surface area contributed by atoms with Gasteiger partial charge in [0.05, 0.1) is 23.1 Å². The highest BCUT2D eigenvalue weighted by Crippen LogP contribution is 2.30. The lowest BCUT2D eigenvalue weighted by atomic mass is 9.83. The molecule has 0 fully saturated rings. The number of ether oxygens (including phenoxy) is 1. The van der Waals surface area contributed by atoms with Crippen LogP contribution in [0.1, 0.15) is 25.0 Å². The van der Waals surface area contributed by atoms with Crippen LogP contribution in [-0.4, -0.2) is 21.4 Å². The van der Waals surface area contributed by atoms with E-state index in [1.807, 2.05) is 0 Å². The van der Waals surface area contributed by atoms with Crippen molar-refractivity contribution < 1.29 is 22.3 Å². The molecule has 2 N–H and O–H groups in total. The first-order chi connectivity index (χ1) is 15.1. The molecule has 0 aromatic heterocycles. The molecule has 0 heterocycles. The van der Waals surface area contributed by atoms with Crippen molar-refractivity contribution in [2.45, 2.75) is 31.1 Å². The molecule has 8 heteroatoms. The number of hydrogen-bond acceptors (Lipinski definition) is 4. The molecule has 3 rings (SSSR count). The fraction of sp³-hybridized carbons (Fsp3) is 0.208. The largest absolute Gasteiger partial charge is 0.495 e. The Morgan fingerprint density at radius 3 is 2.34 bits per heavy atom. The third-order valence-corrected chi connectivity index (χ3v) is 6.71. The maximum Gasteiger partial charge on any atom is 0.262 e. The molecule has 3 aromatic rings. The van der Waals surface area contributed by atoms with E-state index in [2.05, 4.69) is 10.0 Å². The van der Waals surface area contributed by atoms with Crippen molar-refractivity contribution in [3.05, 3.63) is 83.7 Å². The van der Waals surface area contributed by atoms with E-state index in [0.717, 1.165) is 0 Å². The molecule has 32 heavy (non-hydrogen) atoms. The molecule has 0 atom stereocenters. The number of aryl methyl sites for hydroxylation is 1. The molecule has 3 aromatic carbocycles. The molecule has 0 bridgehead atoms. The van der Waals surface area contributed by atoms with E-state index in [0.29, 0.717) is 17.0 Å². The van der Waals surface area contributed by atoms with Gasteiger partial charge in [-0.3, -0.25) is 9.52 Å². The summed E-state index contributed by atoms with van der Waals surface area (Å²) in [6.45, 7) is 4.87. The number of amides is 1. The van der Waals surface area contributed by atoms with Crippen LogP contribution in [0, 0.1) is 12.7 Å². The number of anilines is 2. The molecule has 0 aliphatic heterocycles. The molecule has 1 amide bonds. The van der Waals surface area contributed by atoms with E-state index in [9.17, 15) is 17.6 Å². The molecule has 0 aliphatic rings. The zero-order valence-electron chi connectivity index (χ0n) is 18.3. The first kappa shape index (κ1) is 23.3. The molecule has 0 saturated heterocycles. The monoisotopic (exact) mass is 456 g/mol. The second kappa shape index (κ2) is 9.00. The van der Waals surface area contributed by atoms with E-state index in [-0.39, 0.29) is 16.1 Å². The Balaban J connectivity index is 1.90. The Bertz CT molecular complexity index is 1260. The van der Waals surface area contributed by atoms with Crippen molar-refractivity contribution >= 4 is 27.3 Å². The number of carbonyl (C=O) groups is 1. The second-order valence-electron chi connectivity index (χ2n) is 7.85. The average molecular weight is 457 g/mol. The minimum absolute atomic E-state index is 0.00454. The maximum absolute atomic E-state index is 14.2. The number of benzene rings is 3. The van der Waals surface area contributed by atoms with Crippen molar-refractivity contribution in [2.75, 3.05) is 17.1 Å². The normalized spacial score (nSPS) is 11.7. The van der Waals surface area contributed by atoms with Gasteiger partial charge in [-0.15, -0.1) is 0 Å². The minimum atomic E-state index is -3.97. The molecule has 0 spiro atoms. The summed E-state index contributed by atoms with van der Waals surface area (Å²) in [5.41, 5.74) is 0.147. The lowest BCUT2D eigenvalue weighted by Gasteiger charge is -2.25. The number of hydrogen-bond donors (Lipinski definition) is 2. The fourth-order valence-electron chi connectivity index (χ4n) is 3.27. The van der Waals surface area contributed by atoms with Gasteiger partial charge in [0.2, 0.25) is 5.91 Å². The van der Waals surface area contributed by atoms with Crippen LogP contribution in [0.3, 0.4) is 0 Å². The summed E-state index contributed by atoms with van der Waals surface area (Å²) < 4.78 is 48.1. The van der Waals surface area contributed by atoms with Crippen molar-refractivity contribution in [2.24, 2.45) is 0 Å². The zero-order valence-corrected chi connectivity index (χ0v) is 19.1. The van der Waals surface area contributed by atoms with Crippen LogP contribution in [0.25, 0.3) is 0 Å². The number of sulfonamides is 1. The standard InChI is InChI=1S/C24H25FN2O4S/c1-16-13-14-17(26-23(28)24(2,3)18-9-5-6-10-19(18)25)15-22(16)32(29,30)27-20-11-7-8-12-21(20)31-4/h5-15,27H,1-4H3,(H,26,28). The number of rotatable bonds is 7. The third kappa shape index (κ3) is 4.75. The second-order valence-corrected chi connectivity index (χ2v) is 9.50. The Morgan fingerprint density at radius 1 is 1.00 bits per heavy atom. The lowest BCUT2D eigenvalue weighted by Crippen LogP contribution is -2.35. The summed E-state index contributed by atoms with van der Waals surface area (Å²) in [6.07, 6.45) is 0. The molecule has 6 nitrogen and oxygen atoms in total. The molecule has 0 radical (unpaired) electrons. The Kier molecular flexibility index (Phi) is 6.55. The Labute approximate surface area is 187 Å². The molecular weight excluding hydrogens is 431 g/mol. The number of halogens is 1. The summed E-state index contributed by atoms with van der Waals surface area (Å²) in [5, 5.41) is 2.71. The topological polar surface area (TPSA) is 84.5 Å². The number of nitrogens with one attached hydrogen (secondary N) is 2. The quantitative estimate of drug-likeness (QED) is 0.532. The van der Waals surface area contributed by atoms with Crippen LogP contribution in [0.15, 0.2) is 71.6 Å². The summed E-state index contributed by atoms with van der Waals surface area (Å²) in [5.74, 6) is -0.571. The van der Waals surface area contributed by atoms with E-state index >= 15 is 0 Å². The Morgan fingerprint density at radius 2 is 1.66 bits per heavy atom. The molecular formula is C24H25FN2O4S.